The molecule has 1 atom stereocenters. The molecule has 2 heterocycles. The lowest BCUT2D eigenvalue weighted by Gasteiger charge is -2.26. The second-order valence-electron chi connectivity index (χ2n) is 6.81. The van der Waals surface area contributed by atoms with Gasteiger partial charge in [-0.1, -0.05) is 45.4 Å². The fraction of sp³-hybridized carbons (Fsp3) is 0.417. The summed E-state index contributed by atoms with van der Waals surface area (Å²) < 4.78 is 14.1. The normalized spacial score (nSPS) is 14.4. The molecular formula is C24H35ClFN5O3. The molecule has 0 radical (unpaired) electrons. The number of carbonyl (C=O) groups excluding carboxylic acids is 2. The summed E-state index contributed by atoms with van der Waals surface area (Å²) in [7, 11) is 1.53. The Bertz CT molecular complexity index is 949. The molecule has 1 aliphatic heterocycles. The molecule has 0 saturated heterocycles. The van der Waals surface area contributed by atoms with Gasteiger partial charge in [-0.05, 0) is 43.7 Å². The number of carbonyl (C=O) groups is 2. The number of pyridine rings is 1. The first-order valence-electron chi connectivity index (χ1n) is 11.1. The van der Waals surface area contributed by atoms with Crippen LogP contribution in [0, 0.1) is 5.82 Å². The number of anilines is 1. The Balaban J connectivity index is 0.00000121. The maximum absolute atomic E-state index is 14.1. The number of rotatable bonds is 3. The summed E-state index contributed by atoms with van der Waals surface area (Å²) in [6, 6.07) is 6.55. The molecule has 2 aromatic rings. The predicted octanol–water partition coefficient (Wildman–Crippen LogP) is 4.78. The van der Waals surface area contributed by atoms with Crippen LogP contribution < -0.4 is 11.1 Å². The van der Waals surface area contributed by atoms with Gasteiger partial charge in [-0.2, -0.15) is 0 Å². The first-order valence-corrected chi connectivity index (χ1v) is 11.5. The van der Waals surface area contributed by atoms with E-state index in [-0.39, 0.29) is 35.8 Å². The third-order valence-electron chi connectivity index (χ3n) is 3.96. The molecule has 0 aliphatic carbocycles. The van der Waals surface area contributed by atoms with Gasteiger partial charge in [0.2, 0.25) is 5.91 Å². The number of aliphatic hydroxyl groups is 1. The van der Waals surface area contributed by atoms with Crippen LogP contribution in [0.3, 0.4) is 0 Å². The highest BCUT2D eigenvalue weighted by Crippen LogP contribution is 2.29. The zero-order chi connectivity index (χ0) is 26.4. The lowest BCUT2D eigenvalue weighted by Crippen LogP contribution is -2.42. The fourth-order valence-electron chi connectivity index (χ4n) is 2.46. The van der Waals surface area contributed by atoms with E-state index < -0.39 is 17.8 Å². The molecule has 10 heteroatoms. The Kier molecular flexibility index (Phi) is 14.3. The van der Waals surface area contributed by atoms with E-state index in [1.807, 2.05) is 27.7 Å². The molecule has 4 N–H and O–H groups in total. The maximum atomic E-state index is 14.1. The van der Waals surface area contributed by atoms with Crippen LogP contribution in [0.15, 0.2) is 41.5 Å². The molecule has 34 heavy (non-hydrogen) atoms. The zero-order valence-corrected chi connectivity index (χ0v) is 21.5. The molecule has 0 fully saturated rings. The second kappa shape index (κ2) is 15.7. The van der Waals surface area contributed by atoms with Crippen LogP contribution in [0.2, 0.25) is 5.02 Å². The molecule has 188 valence electrons. The van der Waals surface area contributed by atoms with Crippen LogP contribution in [0.5, 0.6) is 0 Å². The summed E-state index contributed by atoms with van der Waals surface area (Å²) in [5.41, 5.74) is 6.35. The third-order valence-corrected chi connectivity index (χ3v) is 4.18. The van der Waals surface area contributed by atoms with Gasteiger partial charge in [0.25, 0.3) is 5.91 Å². The summed E-state index contributed by atoms with van der Waals surface area (Å²) in [4.78, 5) is 33.5. The van der Waals surface area contributed by atoms with Gasteiger partial charge < -0.3 is 16.2 Å². The van der Waals surface area contributed by atoms with Crippen molar-refractivity contribution < 1.29 is 19.1 Å². The molecule has 2 amide bonds. The Morgan fingerprint density at radius 2 is 1.82 bits per heavy atom. The van der Waals surface area contributed by atoms with Crippen molar-refractivity contribution in [1.82, 2.24) is 9.88 Å². The Labute approximate surface area is 206 Å². The fourth-order valence-corrected chi connectivity index (χ4v) is 2.57. The van der Waals surface area contributed by atoms with E-state index in [9.17, 15) is 14.0 Å². The van der Waals surface area contributed by atoms with Gasteiger partial charge >= 0.3 is 0 Å². The molecule has 0 bridgehead atoms. The van der Waals surface area contributed by atoms with E-state index in [4.69, 9.17) is 22.4 Å². The average molecular weight is 496 g/mol. The van der Waals surface area contributed by atoms with Crippen molar-refractivity contribution >= 4 is 35.1 Å². The van der Waals surface area contributed by atoms with Crippen molar-refractivity contribution in [3.8, 4) is 0 Å². The largest absolute Gasteiger partial charge is 0.394 e. The number of aromatic nitrogens is 1. The van der Waals surface area contributed by atoms with Crippen molar-refractivity contribution in [2.45, 2.75) is 60.1 Å². The Hall–Kier alpha value is -3.04. The molecule has 0 spiro atoms. The highest BCUT2D eigenvalue weighted by molar-refractivity contribution is 6.30. The minimum atomic E-state index is -0.618. The van der Waals surface area contributed by atoms with Crippen LogP contribution >= 0.6 is 11.6 Å². The van der Waals surface area contributed by atoms with Crippen molar-refractivity contribution in [1.29, 1.82) is 0 Å². The van der Waals surface area contributed by atoms with Gasteiger partial charge in [-0.25, -0.2) is 14.4 Å². The number of nitrogens with one attached hydrogen (secondary N) is 1. The average Bonchev–Trinajstić information content (AvgIpc) is 2.81. The van der Waals surface area contributed by atoms with Gasteiger partial charge in [-0.15, -0.1) is 0 Å². The van der Waals surface area contributed by atoms with Crippen LogP contribution in [0.25, 0.3) is 0 Å². The standard InChI is InChI=1S/C17H15ClFN5O2.C3H8O.2C2H6/c1-24-15(25)7-13(23-17(24)20)9-2-4-11(19)14(6-9)22-16(26)12-5-3-10(18)8-21-12;1-3(2)4;2*1-2/h2-6,8,13H,7H2,1H3,(H2,20,23)(H,22,26);3-4H,1-2H3;2*1-2H3. The molecule has 1 aromatic carbocycles. The lowest BCUT2D eigenvalue weighted by molar-refractivity contribution is -0.127. The van der Waals surface area contributed by atoms with E-state index >= 15 is 0 Å². The van der Waals surface area contributed by atoms with Gasteiger partial charge in [0.1, 0.15) is 11.5 Å². The zero-order valence-electron chi connectivity index (χ0n) is 20.8. The summed E-state index contributed by atoms with van der Waals surface area (Å²) in [6.07, 6.45) is 1.26. The van der Waals surface area contributed by atoms with Gasteiger partial charge in [0, 0.05) is 19.3 Å². The molecule has 1 aromatic heterocycles. The van der Waals surface area contributed by atoms with E-state index in [2.05, 4.69) is 15.3 Å². The second-order valence-corrected chi connectivity index (χ2v) is 7.25. The quantitative estimate of drug-likeness (QED) is 0.565. The van der Waals surface area contributed by atoms with Gasteiger partial charge in [0.05, 0.1) is 23.2 Å². The highest BCUT2D eigenvalue weighted by atomic mass is 35.5. The summed E-state index contributed by atoms with van der Waals surface area (Å²) in [5, 5.41) is 10.9. The summed E-state index contributed by atoms with van der Waals surface area (Å²) in [5.74, 6) is -1.30. The van der Waals surface area contributed by atoms with E-state index in [1.165, 1.54) is 48.5 Å². The highest BCUT2D eigenvalue weighted by Gasteiger charge is 2.26. The summed E-state index contributed by atoms with van der Waals surface area (Å²) >= 11 is 5.73. The van der Waals surface area contributed by atoms with Crippen LogP contribution in [0.1, 0.15) is 70.1 Å². The van der Waals surface area contributed by atoms with Crippen LogP contribution in [-0.2, 0) is 4.79 Å². The Morgan fingerprint density at radius 3 is 2.32 bits per heavy atom. The third kappa shape index (κ3) is 9.84. The van der Waals surface area contributed by atoms with E-state index in [0.29, 0.717) is 10.6 Å². The number of nitrogens with two attached hydrogens (primary N) is 1. The van der Waals surface area contributed by atoms with Crippen molar-refractivity contribution in [2.75, 3.05) is 12.4 Å². The van der Waals surface area contributed by atoms with Crippen molar-refractivity contribution in [2.24, 2.45) is 10.7 Å². The van der Waals surface area contributed by atoms with Gasteiger partial charge in [0.15, 0.2) is 5.96 Å². The topological polar surface area (TPSA) is 121 Å². The number of hydrogen-bond donors (Lipinski definition) is 3. The Morgan fingerprint density at radius 1 is 1.24 bits per heavy atom. The number of hydrogen-bond acceptors (Lipinski definition) is 6. The van der Waals surface area contributed by atoms with E-state index in [0.717, 1.165) is 0 Å². The number of amides is 2. The smallest absolute Gasteiger partial charge is 0.274 e. The summed E-state index contributed by atoms with van der Waals surface area (Å²) in [6.45, 7) is 11.4. The number of nitrogens with zero attached hydrogens (tertiary/aromatic N) is 3. The SMILES string of the molecule is CC.CC.CC(C)O.CN1C(=O)CC(c2ccc(F)c(NC(=O)c3ccc(Cl)cn3)c2)N=C1N. The molecule has 8 nitrogen and oxygen atoms in total. The molecule has 0 saturated carbocycles. The minimum absolute atomic E-state index is 0.0376. The molecular weight excluding hydrogens is 461 g/mol. The van der Waals surface area contributed by atoms with Crippen molar-refractivity contribution in [3.05, 3.63) is 58.6 Å². The number of benzene rings is 1. The lowest BCUT2D eigenvalue weighted by atomic mass is 10.0. The number of guanidine groups is 1. The molecule has 1 unspecified atom stereocenters. The number of aliphatic hydroxyl groups excluding tert-OH is 1. The minimum Gasteiger partial charge on any atom is -0.394 e. The monoisotopic (exact) mass is 495 g/mol. The molecule has 1 aliphatic rings. The first-order chi connectivity index (χ1) is 16.1. The first kappa shape index (κ1) is 31.0. The predicted molar refractivity (Wildman–Crippen MR) is 135 cm³/mol. The number of halogens is 2. The van der Waals surface area contributed by atoms with Crippen LogP contribution in [0.4, 0.5) is 10.1 Å². The number of aliphatic imine (C=N–C) groups is 1. The van der Waals surface area contributed by atoms with E-state index in [1.54, 1.807) is 13.8 Å². The van der Waals surface area contributed by atoms with Crippen molar-refractivity contribution in [3.63, 3.8) is 0 Å². The van der Waals surface area contributed by atoms with Crippen LogP contribution in [-0.4, -0.2) is 45.9 Å². The van der Waals surface area contributed by atoms with Gasteiger partial charge in [-0.3, -0.25) is 14.5 Å². The maximum Gasteiger partial charge on any atom is 0.274 e. The molecule has 3 rings (SSSR count).